The first kappa shape index (κ1) is 12.6. The van der Waals surface area contributed by atoms with E-state index in [1.165, 1.54) is 0 Å². The van der Waals surface area contributed by atoms with Crippen LogP contribution < -0.4 is 5.73 Å². The molecule has 1 heterocycles. The van der Waals surface area contributed by atoms with Gasteiger partial charge in [0.05, 0.1) is 5.69 Å². The topological polar surface area (TPSA) is 56.0 Å². The van der Waals surface area contributed by atoms with Gasteiger partial charge in [-0.3, -0.25) is 4.79 Å². The Labute approximate surface area is 120 Å². The summed E-state index contributed by atoms with van der Waals surface area (Å²) in [6.45, 7) is 0. The maximum Gasteiger partial charge on any atom is 0.249 e. The second kappa shape index (κ2) is 5.27. The van der Waals surface area contributed by atoms with Crippen LogP contribution in [0.25, 0.3) is 21.8 Å². The SMILES string of the molecule is NC(=O)c1ccccc1-c1csc(-c2ccccc2)n1. The molecule has 0 unspecified atom stereocenters. The molecule has 0 bridgehead atoms. The van der Waals surface area contributed by atoms with Crippen molar-refractivity contribution in [2.75, 3.05) is 0 Å². The lowest BCUT2D eigenvalue weighted by Crippen LogP contribution is -2.12. The lowest BCUT2D eigenvalue weighted by Gasteiger charge is -2.02. The summed E-state index contributed by atoms with van der Waals surface area (Å²) in [5.41, 5.74) is 8.53. The first-order valence-electron chi connectivity index (χ1n) is 6.16. The van der Waals surface area contributed by atoms with E-state index in [1.54, 1.807) is 23.5 Å². The van der Waals surface area contributed by atoms with E-state index in [2.05, 4.69) is 4.98 Å². The molecule has 0 saturated carbocycles. The van der Waals surface area contributed by atoms with Gasteiger partial charge in [-0.1, -0.05) is 48.5 Å². The molecule has 0 spiro atoms. The van der Waals surface area contributed by atoms with Gasteiger partial charge in [-0.25, -0.2) is 4.98 Å². The van der Waals surface area contributed by atoms with Crippen molar-refractivity contribution in [2.45, 2.75) is 0 Å². The normalized spacial score (nSPS) is 10.4. The molecule has 0 radical (unpaired) electrons. The van der Waals surface area contributed by atoms with Gasteiger partial charge in [0.1, 0.15) is 5.01 Å². The fourth-order valence-electron chi connectivity index (χ4n) is 2.03. The molecule has 20 heavy (non-hydrogen) atoms. The summed E-state index contributed by atoms with van der Waals surface area (Å²) in [5, 5.41) is 2.88. The molecule has 0 aliphatic rings. The molecule has 0 fully saturated rings. The fourth-order valence-corrected chi connectivity index (χ4v) is 2.86. The maximum atomic E-state index is 11.5. The Hall–Kier alpha value is -2.46. The van der Waals surface area contributed by atoms with Crippen LogP contribution in [0.1, 0.15) is 10.4 Å². The molecule has 3 rings (SSSR count). The van der Waals surface area contributed by atoms with Gasteiger partial charge in [0.25, 0.3) is 0 Å². The Bertz CT molecular complexity index is 750. The van der Waals surface area contributed by atoms with Crippen LogP contribution in [0.4, 0.5) is 0 Å². The molecule has 2 aromatic carbocycles. The third-order valence-corrected chi connectivity index (χ3v) is 3.88. The minimum atomic E-state index is -0.435. The summed E-state index contributed by atoms with van der Waals surface area (Å²) in [4.78, 5) is 16.1. The van der Waals surface area contributed by atoms with Gasteiger partial charge in [0.2, 0.25) is 5.91 Å². The van der Waals surface area contributed by atoms with Gasteiger partial charge in [-0.05, 0) is 6.07 Å². The van der Waals surface area contributed by atoms with Crippen LogP contribution in [0.5, 0.6) is 0 Å². The molecule has 1 aromatic heterocycles. The second-order valence-electron chi connectivity index (χ2n) is 4.31. The molecule has 0 saturated heterocycles. The number of benzene rings is 2. The molecule has 3 aromatic rings. The summed E-state index contributed by atoms with van der Waals surface area (Å²) < 4.78 is 0. The molecule has 0 atom stereocenters. The zero-order valence-electron chi connectivity index (χ0n) is 10.6. The zero-order valence-corrected chi connectivity index (χ0v) is 11.4. The van der Waals surface area contributed by atoms with Gasteiger partial charge in [0.15, 0.2) is 0 Å². The Morgan fingerprint density at radius 3 is 2.45 bits per heavy atom. The van der Waals surface area contributed by atoms with Crippen LogP contribution >= 0.6 is 11.3 Å². The number of thiazole rings is 1. The van der Waals surface area contributed by atoms with Crippen molar-refractivity contribution in [3.8, 4) is 21.8 Å². The average molecular weight is 280 g/mol. The van der Waals surface area contributed by atoms with E-state index in [-0.39, 0.29) is 0 Å². The number of hydrogen-bond donors (Lipinski definition) is 1. The summed E-state index contributed by atoms with van der Waals surface area (Å²) in [6.07, 6.45) is 0. The van der Waals surface area contributed by atoms with E-state index in [4.69, 9.17) is 5.73 Å². The number of rotatable bonds is 3. The van der Waals surface area contributed by atoms with E-state index in [0.29, 0.717) is 5.56 Å². The highest BCUT2D eigenvalue weighted by atomic mass is 32.1. The monoisotopic (exact) mass is 280 g/mol. The van der Waals surface area contributed by atoms with E-state index in [1.807, 2.05) is 47.8 Å². The predicted octanol–water partition coefficient (Wildman–Crippen LogP) is 3.58. The number of aromatic nitrogens is 1. The molecule has 2 N–H and O–H groups in total. The molecule has 4 heteroatoms. The van der Waals surface area contributed by atoms with E-state index in [0.717, 1.165) is 21.8 Å². The van der Waals surface area contributed by atoms with Crippen molar-refractivity contribution < 1.29 is 4.79 Å². The van der Waals surface area contributed by atoms with E-state index in [9.17, 15) is 4.79 Å². The first-order chi connectivity index (χ1) is 9.75. The van der Waals surface area contributed by atoms with Crippen LogP contribution in [-0.4, -0.2) is 10.9 Å². The number of nitrogens with zero attached hydrogens (tertiary/aromatic N) is 1. The van der Waals surface area contributed by atoms with Crippen molar-refractivity contribution in [1.82, 2.24) is 4.98 Å². The fraction of sp³-hybridized carbons (Fsp3) is 0. The Morgan fingerprint density at radius 1 is 1.00 bits per heavy atom. The summed E-state index contributed by atoms with van der Waals surface area (Å²) in [5.74, 6) is -0.435. The van der Waals surface area contributed by atoms with Gasteiger partial charge < -0.3 is 5.73 Å². The second-order valence-corrected chi connectivity index (χ2v) is 5.17. The Kier molecular flexibility index (Phi) is 3.31. The van der Waals surface area contributed by atoms with Crippen molar-refractivity contribution in [3.05, 3.63) is 65.5 Å². The molecule has 1 amide bonds. The lowest BCUT2D eigenvalue weighted by atomic mass is 10.1. The number of hydrogen-bond acceptors (Lipinski definition) is 3. The molecule has 0 aliphatic carbocycles. The Morgan fingerprint density at radius 2 is 1.70 bits per heavy atom. The van der Waals surface area contributed by atoms with Crippen molar-refractivity contribution in [2.24, 2.45) is 5.73 Å². The van der Waals surface area contributed by atoms with Crippen molar-refractivity contribution in [3.63, 3.8) is 0 Å². The number of primary amides is 1. The average Bonchev–Trinajstić information content (AvgIpc) is 2.98. The predicted molar refractivity (Wildman–Crippen MR) is 81.5 cm³/mol. The van der Waals surface area contributed by atoms with E-state index < -0.39 is 5.91 Å². The van der Waals surface area contributed by atoms with E-state index >= 15 is 0 Å². The van der Waals surface area contributed by atoms with Crippen LogP contribution in [0.3, 0.4) is 0 Å². The lowest BCUT2D eigenvalue weighted by molar-refractivity contribution is 0.100. The summed E-state index contributed by atoms with van der Waals surface area (Å²) in [7, 11) is 0. The summed E-state index contributed by atoms with van der Waals surface area (Å²) in [6, 6.07) is 17.2. The standard InChI is InChI=1S/C16H12N2OS/c17-15(19)13-9-5-4-8-12(13)14-10-20-16(18-14)11-6-2-1-3-7-11/h1-10H,(H2,17,19). The van der Waals surface area contributed by atoms with Gasteiger partial charge in [-0.15, -0.1) is 11.3 Å². The number of nitrogens with two attached hydrogens (primary N) is 1. The third-order valence-electron chi connectivity index (χ3n) is 2.99. The highest BCUT2D eigenvalue weighted by molar-refractivity contribution is 7.13. The zero-order chi connectivity index (χ0) is 13.9. The maximum absolute atomic E-state index is 11.5. The minimum Gasteiger partial charge on any atom is -0.366 e. The van der Waals surface area contributed by atoms with Crippen molar-refractivity contribution >= 4 is 17.2 Å². The van der Waals surface area contributed by atoms with Crippen LogP contribution in [-0.2, 0) is 0 Å². The highest BCUT2D eigenvalue weighted by Crippen LogP contribution is 2.30. The minimum absolute atomic E-state index is 0.435. The van der Waals surface area contributed by atoms with Gasteiger partial charge >= 0.3 is 0 Å². The first-order valence-corrected chi connectivity index (χ1v) is 7.04. The van der Waals surface area contributed by atoms with Crippen molar-refractivity contribution in [1.29, 1.82) is 0 Å². The Balaban J connectivity index is 2.05. The molecular formula is C16H12N2OS. The number of carbonyl (C=O) groups excluding carboxylic acids is 1. The number of amides is 1. The largest absolute Gasteiger partial charge is 0.366 e. The van der Waals surface area contributed by atoms with Gasteiger partial charge in [-0.2, -0.15) is 0 Å². The highest BCUT2D eigenvalue weighted by Gasteiger charge is 2.12. The molecule has 98 valence electrons. The smallest absolute Gasteiger partial charge is 0.249 e. The molecule has 0 aliphatic heterocycles. The quantitative estimate of drug-likeness (QED) is 0.797. The summed E-state index contributed by atoms with van der Waals surface area (Å²) >= 11 is 1.55. The van der Waals surface area contributed by atoms with Crippen LogP contribution in [0.2, 0.25) is 0 Å². The molecule has 3 nitrogen and oxygen atoms in total. The third kappa shape index (κ3) is 2.33. The number of carbonyl (C=O) groups is 1. The molecular weight excluding hydrogens is 268 g/mol. The van der Waals surface area contributed by atoms with Crippen LogP contribution in [0.15, 0.2) is 60.0 Å². The van der Waals surface area contributed by atoms with Gasteiger partial charge in [0, 0.05) is 22.1 Å². The van der Waals surface area contributed by atoms with Crippen LogP contribution in [0, 0.1) is 0 Å².